The zero-order valence-corrected chi connectivity index (χ0v) is 14.5. The SMILES string of the molecule is CCCNC(=O)c1cccc(CNC(C)c2cc(OC)ccn2)c1. The van der Waals surface area contributed by atoms with Crippen LogP contribution in [0.2, 0.25) is 0 Å². The Labute approximate surface area is 143 Å². The van der Waals surface area contributed by atoms with Crippen molar-refractivity contribution in [1.82, 2.24) is 15.6 Å². The zero-order valence-electron chi connectivity index (χ0n) is 14.5. The number of hydrogen-bond acceptors (Lipinski definition) is 4. The third kappa shape index (κ3) is 5.06. The van der Waals surface area contributed by atoms with Gasteiger partial charge in [-0.3, -0.25) is 9.78 Å². The van der Waals surface area contributed by atoms with E-state index < -0.39 is 0 Å². The molecule has 5 nitrogen and oxygen atoms in total. The summed E-state index contributed by atoms with van der Waals surface area (Å²) in [5, 5.41) is 6.32. The van der Waals surface area contributed by atoms with Crippen molar-refractivity contribution >= 4 is 5.91 Å². The third-order valence-corrected chi connectivity index (χ3v) is 3.77. The molecule has 1 atom stereocenters. The van der Waals surface area contributed by atoms with Gasteiger partial charge in [0.25, 0.3) is 5.91 Å². The average molecular weight is 327 g/mol. The van der Waals surface area contributed by atoms with Crippen LogP contribution in [0.4, 0.5) is 0 Å². The van der Waals surface area contributed by atoms with Gasteiger partial charge >= 0.3 is 0 Å². The number of hydrogen-bond donors (Lipinski definition) is 2. The minimum atomic E-state index is -0.0267. The maximum Gasteiger partial charge on any atom is 0.251 e. The molecule has 2 N–H and O–H groups in total. The molecule has 0 fully saturated rings. The normalized spacial score (nSPS) is 11.8. The van der Waals surface area contributed by atoms with E-state index in [4.69, 9.17) is 4.74 Å². The summed E-state index contributed by atoms with van der Waals surface area (Å²) in [5.74, 6) is 0.768. The molecule has 1 aromatic carbocycles. The van der Waals surface area contributed by atoms with Crippen LogP contribution < -0.4 is 15.4 Å². The molecule has 1 unspecified atom stereocenters. The Morgan fingerprint density at radius 2 is 2.12 bits per heavy atom. The average Bonchev–Trinajstić information content (AvgIpc) is 2.64. The fourth-order valence-corrected chi connectivity index (χ4v) is 2.33. The van der Waals surface area contributed by atoms with E-state index in [-0.39, 0.29) is 11.9 Å². The standard InChI is InChI=1S/C19H25N3O2/c1-4-9-21-19(23)16-7-5-6-15(11-16)13-22-14(2)18-12-17(24-3)8-10-20-18/h5-8,10-12,14,22H,4,9,13H2,1-3H3,(H,21,23). The van der Waals surface area contributed by atoms with Crippen molar-refractivity contribution in [3.63, 3.8) is 0 Å². The number of pyridine rings is 1. The highest BCUT2D eigenvalue weighted by molar-refractivity contribution is 5.94. The lowest BCUT2D eigenvalue weighted by atomic mass is 10.1. The van der Waals surface area contributed by atoms with Gasteiger partial charge in [-0.2, -0.15) is 0 Å². The monoisotopic (exact) mass is 327 g/mol. The van der Waals surface area contributed by atoms with Crippen molar-refractivity contribution < 1.29 is 9.53 Å². The lowest BCUT2D eigenvalue weighted by molar-refractivity contribution is 0.0953. The van der Waals surface area contributed by atoms with E-state index in [2.05, 4.69) is 22.5 Å². The summed E-state index contributed by atoms with van der Waals surface area (Å²) in [4.78, 5) is 16.4. The number of rotatable bonds is 8. The number of nitrogens with zero attached hydrogens (tertiary/aromatic N) is 1. The van der Waals surface area contributed by atoms with E-state index in [1.165, 1.54) is 0 Å². The number of nitrogens with one attached hydrogen (secondary N) is 2. The van der Waals surface area contributed by atoms with Crippen molar-refractivity contribution in [3.05, 3.63) is 59.4 Å². The lowest BCUT2D eigenvalue weighted by Crippen LogP contribution is -2.24. The predicted octanol–water partition coefficient (Wildman–Crippen LogP) is 3.08. The number of carbonyl (C=O) groups excluding carboxylic acids is 1. The number of benzene rings is 1. The molecule has 0 aliphatic heterocycles. The first-order valence-electron chi connectivity index (χ1n) is 8.24. The molecule has 0 radical (unpaired) electrons. The molecular formula is C19H25N3O2. The molecule has 24 heavy (non-hydrogen) atoms. The van der Waals surface area contributed by atoms with Crippen LogP contribution in [0, 0.1) is 0 Å². The Morgan fingerprint density at radius 3 is 2.88 bits per heavy atom. The van der Waals surface area contributed by atoms with Crippen LogP contribution in [-0.4, -0.2) is 24.5 Å². The molecule has 2 rings (SSSR count). The molecule has 0 saturated heterocycles. The second kappa shape index (κ2) is 9.03. The quantitative estimate of drug-likeness (QED) is 0.782. The van der Waals surface area contributed by atoms with E-state index in [9.17, 15) is 4.79 Å². The molecule has 1 aromatic heterocycles. The summed E-state index contributed by atoms with van der Waals surface area (Å²) in [6.45, 7) is 5.45. The van der Waals surface area contributed by atoms with Gasteiger partial charge in [0.2, 0.25) is 0 Å². The molecular weight excluding hydrogens is 302 g/mol. The smallest absolute Gasteiger partial charge is 0.251 e. The highest BCUT2D eigenvalue weighted by Gasteiger charge is 2.09. The largest absolute Gasteiger partial charge is 0.497 e. The first-order chi connectivity index (χ1) is 11.6. The van der Waals surface area contributed by atoms with E-state index in [1.54, 1.807) is 13.3 Å². The molecule has 2 aromatic rings. The van der Waals surface area contributed by atoms with Crippen LogP contribution in [0.15, 0.2) is 42.6 Å². The van der Waals surface area contributed by atoms with E-state index in [0.717, 1.165) is 23.4 Å². The van der Waals surface area contributed by atoms with Gasteiger partial charge in [-0.05, 0) is 37.1 Å². The fraction of sp³-hybridized carbons (Fsp3) is 0.368. The van der Waals surface area contributed by atoms with Crippen LogP contribution in [0.5, 0.6) is 5.75 Å². The summed E-state index contributed by atoms with van der Waals surface area (Å²) >= 11 is 0. The second-order valence-electron chi connectivity index (χ2n) is 5.68. The van der Waals surface area contributed by atoms with Gasteiger partial charge in [-0.1, -0.05) is 19.1 Å². The summed E-state index contributed by atoms with van der Waals surface area (Å²) < 4.78 is 5.23. The number of ether oxygens (including phenoxy) is 1. The lowest BCUT2D eigenvalue weighted by Gasteiger charge is -2.14. The molecule has 0 spiro atoms. The van der Waals surface area contributed by atoms with Crippen LogP contribution in [0.3, 0.4) is 0 Å². The molecule has 1 heterocycles. The second-order valence-corrected chi connectivity index (χ2v) is 5.68. The van der Waals surface area contributed by atoms with Crippen molar-refractivity contribution in [2.75, 3.05) is 13.7 Å². The Balaban J connectivity index is 1.97. The van der Waals surface area contributed by atoms with E-state index >= 15 is 0 Å². The van der Waals surface area contributed by atoms with Gasteiger partial charge in [-0.15, -0.1) is 0 Å². The number of carbonyl (C=O) groups is 1. The van der Waals surface area contributed by atoms with Crippen LogP contribution in [-0.2, 0) is 6.54 Å². The predicted molar refractivity (Wildman–Crippen MR) is 95.1 cm³/mol. The van der Waals surface area contributed by atoms with Crippen molar-refractivity contribution in [1.29, 1.82) is 0 Å². The molecule has 0 saturated carbocycles. The Hall–Kier alpha value is -2.40. The third-order valence-electron chi connectivity index (χ3n) is 3.77. The van der Waals surface area contributed by atoms with Crippen LogP contribution >= 0.6 is 0 Å². The highest BCUT2D eigenvalue weighted by Crippen LogP contribution is 2.16. The maximum absolute atomic E-state index is 12.0. The van der Waals surface area contributed by atoms with Crippen LogP contribution in [0.25, 0.3) is 0 Å². The first kappa shape index (κ1) is 17.9. The van der Waals surface area contributed by atoms with E-state index in [0.29, 0.717) is 18.7 Å². The fourth-order valence-electron chi connectivity index (χ4n) is 2.33. The summed E-state index contributed by atoms with van der Waals surface area (Å²) in [6.07, 6.45) is 2.67. The van der Waals surface area contributed by atoms with Crippen molar-refractivity contribution in [3.8, 4) is 5.75 Å². The molecule has 0 aliphatic carbocycles. The maximum atomic E-state index is 12.0. The van der Waals surface area contributed by atoms with Gasteiger partial charge in [0.1, 0.15) is 5.75 Å². The number of aromatic nitrogens is 1. The van der Waals surface area contributed by atoms with Crippen LogP contribution in [0.1, 0.15) is 47.9 Å². The number of amides is 1. The first-order valence-corrected chi connectivity index (χ1v) is 8.24. The molecule has 1 amide bonds. The molecule has 128 valence electrons. The summed E-state index contributed by atoms with van der Waals surface area (Å²) in [5.41, 5.74) is 2.68. The minimum absolute atomic E-state index is 0.0267. The van der Waals surface area contributed by atoms with Gasteiger partial charge in [0, 0.05) is 37.0 Å². The van der Waals surface area contributed by atoms with Gasteiger partial charge in [0.15, 0.2) is 0 Å². The minimum Gasteiger partial charge on any atom is -0.497 e. The van der Waals surface area contributed by atoms with Gasteiger partial charge in [-0.25, -0.2) is 0 Å². The van der Waals surface area contributed by atoms with Gasteiger partial charge in [0.05, 0.1) is 12.8 Å². The molecule has 5 heteroatoms. The van der Waals surface area contributed by atoms with Crippen molar-refractivity contribution in [2.24, 2.45) is 0 Å². The Morgan fingerprint density at radius 1 is 1.29 bits per heavy atom. The summed E-state index contributed by atoms with van der Waals surface area (Å²) in [6, 6.07) is 11.5. The van der Waals surface area contributed by atoms with E-state index in [1.807, 2.05) is 43.3 Å². The van der Waals surface area contributed by atoms with Crippen molar-refractivity contribution in [2.45, 2.75) is 32.9 Å². The summed E-state index contributed by atoms with van der Waals surface area (Å²) in [7, 11) is 1.65. The topological polar surface area (TPSA) is 63.2 Å². The highest BCUT2D eigenvalue weighted by atomic mass is 16.5. The molecule has 0 aliphatic rings. The number of methoxy groups -OCH3 is 1. The van der Waals surface area contributed by atoms with Gasteiger partial charge < -0.3 is 15.4 Å². The Kier molecular flexibility index (Phi) is 6.75. The Bertz CT molecular complexity index is 673. The molecule has 0 bridgehead atoms. The zero-order chi connectivity index (χ0) is 17.4.